The topological polar surface area (TPSA) is 123 Å². The molecule has 1 aliphatic rings. The highest BCUT2D eigenvalue weighted by Crippen LogP contribution is 2.34. The van der Waals surface area contributed by atoms with Crippen molar-refractivity contribution in [3.8, 4) is 11.6 Å². The predicted octanol–water partition coefficient (Wildman–Crippen LogP) is 1.94. The summed E-state index contributed by atoms with van der Waals surface area (Å²) in [5.74, 6) is -0.256. The van der Waals surface area contributed by atoms with E-state index in [4.69, 9.17) is 9.52 Å². The molecule has 160 valence electrons. The molecule has 0 aromatic carbocycles. The molecule has 1 amide bonds. The van der Waals surface area contributed by atoms with Crippen LogP contribution >= 0.6 is 0 Å². The van der Waals surface area contributed by atoms with Crippen LogP contribution in [0.2, 0.25) is 0 Å². The maximum atomic E-state index is 13.5. The third-order valence-electron chi connectivity index (χ3n) is 5.69. The number of pyridine rings is 1. The molecule has 0 saturated heterocycles. The zero-order valence-corrected chi connectivity index (χ0v) is 17.4. The standard InChI is InChI=1S/C21H19N9O2/c1-12-4-3-5-13-8-15(27-30(12)13)18-17-14(22-10-23-17)6-7-29(18)21(31)20-26-25-19(32-20)16-9-28(2)11-24-16/h3-5,8-11,18H,6-7H2,1-2H3,(H,22,23). The van der Waals surface area contributed by atoms with Gasteiger partial charge in [0.05, 0.1) is 29.6 Å². The number of hydrogen-bond acceptors (Lipinski definition) is 7. The Labute approximate surface area is 181 Å². The molecule has 6 heterocycles. The number of hydrogen-bond donors (Lipinski definition) is 1. The number of fused-ring (bicyclic) bond motifs is 2. The smallest absolute Gasteiger partial charge is 0.312 e. The molecular formula is C21H19N9O2. The molecule has 1 N–H and O–H groups in total. The van der Waals surface area contributed by atoms with Crippen molar-refractivity contribution in [3.63, 3.8) is 0 Å². The Morgan fingerprint density at radius 3 is 2.97 bits per heavy atom. The van der Waals surface area contributed by atoms with Crippen molar-refractivity contribution >= 4 is 11.4 Å². The number of carbonyl (C=O) groups excluding carboxylic acids is 1. The molecule has 0 radical (unpaired) electrons. The van der Waals surface area contributed by atoms with Crippen LogP contribution in [0.25, 0.3) is 17.1 Å². The Morgan fingerprint density at radius 1 is 1.25 bits per heavy atom. The van der Waals surface area contributed by atoms with Crippen molar-refractivity contribution in [2.24, 2.45) is 7.05 Å². The van der Waals surface area contributed by atoms with Crippen molar-refractivity contribution in [1.29, 1.82) is 0 Å². The summed E-state index contributed by atoms with van der Waals surface area (Å²) in [5.41, 5.74) is 4.96. The van der Waals surface area contributed by atoms with Crippen LogP contribution < -0.4 is 0 Å². The van der Waals surface area contributed by atoms with Gasteiger partial charge in [-0.25, -0.2) is 14.5 Å². The largest absolute Gasteiger partial charge is 0.411 e. The highest BCUT2D eigenvalue weighted by atomic mass is 16.4. The summed E-state index contributed by atoms with van der Waals surface area (Å²) in [4.78, 5) is 27.1. The van der Waals surface area contributed by atoms with Gasteiger partial charge in [-0.15, -0.1) is 10.2 Å². The molecule has 0 aliphatic carbocycles. The van der Waals surface area contributed by atoms with Crippen LogP contribution in [0.1, 0.15) is 39.5 Å². The maximum absolute atomic E-state index is 13.5. The number of imidazole rings is 2. The van der Waals surface area contributed by atoms with E-state index in [1.807, 2.05) is 42.8 Å². The first-order chi connectivity index (χ1) is 15.6. The fourth-order valence-corrected chi connectivity index (χ4v) is 4.16. The number of carbonyl (C=O) groups is 1. The molecule has 0 spiro atoms. The molecule has 1 unspecified atom stereocenters. The normalized spacial score (nSPS) is 15.9. The Bertz CT molecular complexity index is 1460. The van der Waals surface area contributed by atoms with Gasteiger partial charge < -0.3 is 18.9 Å². The maximum Gasteiger partial charge on any atom is 0.312 e. The minimum atomic E-state index is -0.470. The molecule has 5 aromatic heterocycles. The third-order valence-corrected chi connectivity index (χ3v) is 5.69. The van der Waals surface area contributed by atoms with E-state index in [1.54, 1.807) is 28.3 Å². The monoisotopic (exact) mass is 429 g/mol. The lowest BCUT2D eigenvalue weighted by atomic mass is 9.99. The first-order valence-electron chi connectivity index (χ1n) is 10.2. The second-order valence-electron chi connectivity index (χ2n) is 7.83. The molecule has 1 atom stereocenters. The van der Waals surface area contributed by atoms with Crippen molar-refractivity contribution in [1.82, 2.24) is 44.2 Å². The summed E-state index contributed by atoms with van der Waals surface area (Å²) in [6.45, 7) is 2.46. The van der Waals surface area contributed by atoms with Gasteiger partial charge in [0.1, 0.15) is 11.7 Å². The van der Waals surface area contributed by atoms with Gasteiger partial charge in [0.25, 0.3) is 5.89 Å². The average molecular weight is 429 g/mol. The summed E-state index contributed by atoms with van der Waals surface area (Å²) in [6, 6.07) is 7.47. The van der Waals surface area contributed by atoms with Crippen LogP contribution in [0, 0.1) is 6.92 Å². The van der Waals surface area contributed by atoms with E-state index in [0.29, 0.717) is 18.7 Å². The lowest BCUT2D eigenvalue weighted by Crippen LogP contribution is -2.41. The molecule has 32 heavy (non-hydrogen) atoms. The fraction of sp³-hybridized carbons (Fsp3) is 0.238. The SMILES string of the molecule is Cc1cccc2cc(C3c4nc[nH]c4CCN3C(=O)c3nnc(-c4cn(C)cn4)o3)nn12. The van der Waals surface area contributed by atoms with E-state index in [9.17, 15) is 4.79 Å². The third kappa shape index (κ3) is 2.82. The van der Waals surface area contributed by atoms with Crippen molar-refractivity contribution in [2.75, 3.05) is 6.54 Å². The summed E-state index contributed by atoms with van der Waals surface area (Å²) in [7, 11) is 1.84. The minimum Gasteiger partial charge on any atom is -0.411 e. The average Bonchev–Trinajstić information content (AvgIpc) is 3.57. The van der Waals surface area contributed by atoms with E-state index < -0.39 is 6.04 Å². The Kier molecular flexibility index (Phi) is 3.97. The van der Waals surface area contributed by atoms with Gasteiger partial charge in [0.2, 0.25) is 0 Å². The molecule has 11 nitrogen and oxygen atoms in total. The minimum absolute atomic E-state index is 0.0883. The van der Waals surface area contributed by atoms with Crippen molar-refractivity contribution in [3.05, 3.63) is 71.8 Å². The van der Waals surface area contributed by atoms with Gasteiger partial charge in [-0.1, -0.05) is 6.07 Å². The van der Waals surface area contributed by atoms with Gasteiger partial charge in [0, 0.05) is 37.6 Å². The summed E-state index contributed by atoms with van der Waals surface area (Å²) >= 11 is 0. The molecule has 6 rings (SSSR count). The molecule has 5 aromatic rings. The van der Waals surface area contributed by atoms with Gasteiger partial charge >= 0.3 is 11.8 Å². The molecule has 0 saturated carbocycles. The lowest BCUT2D eigenvalue weighted by molar-refractivity contribution is 0.0646. The number of H-pyrrole nitrogens is 1. The Balaban J connectivity index is 1.41. The van der Waals surface area contributed by atoms with Gasteiger partial charge in [0.15, 0.2) is 0 Å². The predicted molar refractivity (Wildman–Crippen MR) is 112 cm³/mol. The lowest BCUT2D eigenvalue weighted by Gasteiger charge is -2.32. The number of aromatic nitrogens is 8. The molecular weight excluding hydrogens is 410 g/mol. The van der Waals surface area contributed by atoms with Crippen LogP contribution in [-0.4, -0.2) is 56.7 Å². The highest BCUT2D eigenvalue weighted by molar-refractivity contribution is 5.90. The van der Waals surface area contributed by atoms with Crippen LogP contribution in [0.4, 0.5) is 0 Å². The van der Waals surface area contributed by atoms with Crippen LogP contribution in [0.15, 0.2) is 47.5 Å². The molecule has 0 fully saturated rings. The first kappa shape index (κ1) is 18.5. The zero-order chi connectivity index (χ0) is 21.8. The zero-order valence-electron chi connectivity index (χ0n) is 17.4. The van der Waals surface area contributed by atoms with Crippen LogP contribution in [-0.2, 0) is 13.5 Å². The first-order valence-corrected chi connectivity index (χ1v) is 10.2. The number of nitrogens with one attached hydrogen (secondary N) is 1. The number of aryl methyl sites for hydroxylation is 2. The molecule has 0 bridgehead atoms. The second-order valence-corrected chi connectivity index (χ2v) is 7.83. The van der Waals surface area contributed by atoms with Crippen LogP contribution in [0.5, 0.6) is 0 Å². The molecule has 1 aliphatic heterocycles. The van der Waals surface area contributed by atoms with E-state index in [-0.39, 0.29) is 17.7 Å². The van der Waals surface area contributed by atoms with E-state index >= 15 is 0 Å². The molecule has 11 heteroatoms. The number of rotatable bonds is 3. The van der Waals surface area contributed by atoms with E-state index in [1.165, 1.54) is 0 Å². The Hall–Kier alpha value is -4.28. The van der Waals surface area contributed by atoms with Gasteiger partial charge in [-0.3, -0.25) is 4.79 Å². The van der Waals surface area contributed by atoms with Gasteiger partial charge in [-0.05, 0) is 25.1 Å². The number of aromatic amines is 1. The fourth-order valence-electron chi connectivity index (χ4n) is 4.16. The summed E-state index contributed by atoms with van der Waals surface area (Å²) in [5, 5.41) is 12.8. The van der Waals surface area contributed by atoms with Crippen molar-refractivity contribution in [2.45, 2.75) is 19.4 Å². The summed E-state index contributed by atoms with van der Waals surface area (Å²) in [6.07, 6.45) is 5.68. The van der Waals surface area contributed by atoms with E-state index in [2.05, 4.69) is 25.1 Å². The number of amides is 1. The van der Waals surface area contributed by atoms with E-state index in [0.717, 1.165) is 28.3 Å². The van der Waals surface area contributed by atoms with Gasteiger partial charge in [-0.2, -0.15) is 5.10 Å². The second kappa shape index (κ2) is 6.87. The number of nitrogens with zero attached hydrogens (tertiary/aromatic N) is 8. The Morgan fingerprint density at radius 2 is 2.16 bits per heavy atom. The highest BCUT2D eigenvalue weighted by Gasteiger charge is 2.38. The van der Waals surface area contributed by atoms with Crippen molar-refractivity contribution < 1.29 is 9.21 Å². The van der Waals surface area contributed by atoms with Crippen LogP contribution in [0.3, 0.4) is 0 Å². The summed E-state index contributed by atoms with van der Waals surface area (Å²) < 4.78 is 9.32. The quantitative estimate of drug-likeness (QED) is 0.465.